The smallest absolute Gasteiger partial charge is 0.265 e. The second-order valence-electron chi connectivity index (χ2n) is 6.63. The molecular formula is C21H18FN3OS. The van der Waals surface area contributed by atoms with Gasteiger partial charge in [0.15, 0.2) is 0 Å². The summed E-state index contributed by atoms with van der Waals surface area (Å²) >= 11 is 1.37. The topological polar surface area (TPSA) is 46.9 Å². The summed E-state index contributed by atoms with van der Waals surface area (Å²) in [4.78, 5) is 14.2. The molecule has 2 aromatic heterocycles. The van der Waals surface area contributed by atoms with E-state index in [1.54, 1.807) is 16.8 Å². The maximum Gasteiger partial charge on any atom is 0.265 e. The molecule has 0 spiro atoms. The maximum atomic E-state index is 13.2. The number of anilines is 1. The molecule has 0 saturated carbocycles. The van der Waals surface area contributed by atoms with Gasteiger partial charge in [0, 0.05) is 11.1 Å². The maximum absolute atomic E-state index is 13.2. The number of hydrogen-bond donors (Lipinski definition) is 1. The van der Waals surface area contributed by atoms with E-state index in [-0.39, 0.29) is 11.7 Å². The van der Waals surface area contributed by atoms with Crippen molar-refractivity contribution in [2.24, 2.45) is 0 Å². The molecule has 27 heavy (non-hydrogen) atoms. The molecule has 1 N–H and O–H groups in total. The zero-order valence-corrected chi connectivity index (χ0v) is 16.0. The van der Waals surface area contributed by atoms with E-state index in [0.717, 1.165) is 38.4 Å². The number of aryl methyl sites for hydroxylation is 3. The average molecular weight is 379 g/mol. The molecule has 0 atom stereocenters. The molecule has 0 aliphatic carbocycles. The molecule has 0 unspecified atom stereocenters. The van der Waals surface area contributed by atoms with Crippen LogP contribution in [0.2, 0.25) is 0 Å². The standard InChI is InChI=1S/C21H18FN3OS/c1-12-8-13(2)10-16(9-12)23-20(26)19-11-18-14(3)24-25(21(18)27-19)17-6-4-15(22)5-7-17/h4-11H,1-3H3,(H,23,26). The first-order valence-corrected chi connectivity index (χ1v) is 9.37. The SMILES string of the molecule is Cc1cc(C)cc(NC(=O)c2cc3c(C)nn(-c4ccc(F)cc4)c3s2)c1. The van der Waals surface area contributed by atoms with Crippen LogP contribution in [-0.4, -0.2) is 15.7 Å². The monoisotopic (exact) mass is 379 g/mol. The Balaban J connectivity index is 1.70. The number of carbonyl (C=O) groups is 1. The number of aromatic nitrogens is 2. The van der Waals surface area contributed by atoms with E-state index in [1.165, 1.54) is 23.5 Å². The van der Waals surface area contributed by atoms with Gasteiger partial charge in [0.2, 0.25) is 0 Å². The van der Waals surface area contributed by atoms with E-state index in [4.69, 9.17) is 0 Å². The summed E-state index contributed by atoms with van der Waals surface area (Å²) < 4.78 is 15.0. The van der Waals surface area contributed by atoms with Crippen molar-refractivity contribution in [2.75, 3.05) is 5.32 Å². The quantitative estimate of drug-likeness (QED) is 0.518. The summed E-state index contributed by atoms with van der Waals surface area (Å²) in [7, 11) is 0. The third kappa shape index (κ3) is 3.36. The van der Waals surface area contributed by atoms with E-state index in [1.807, 2.05) is 39.0 Å². The highest BCUT2D eigenvalue weighted by Gasteiger charge is 2.17. The van der Waals surface area contributed by atoms with Crippen LogP contribution in [0.1, 0.15) is 26.5 Å². The minimum Gasteiger partial charge on any atom is -0.321 e. The summed E-state index contributed by atoms with van der Waals surface area (Å²) in [6.07, 6.45) is 0. The van der Waals surface area contributed by atoms with Crippen LogP contribution in [0.5, 0.6) is 0 Å². The van der Waals surface area contributed by atoms with Gasteiger partial charge in [-0.2, -0.15) is 5.10 Å². The molecule has 2 aromatic carbocycles. The Morgan fingerprint density at radius 1 is 1.04 bits per heavy atom. The van der Waals surface area contributed by atoms with Crippen molar-refractivity contribution >= 4 is 33.1 Å². The number of fused-ring (bicyclic) bond motifs is 1. The number of rotatable bonds is 3. The highest BCUT2D eigenvalue weighted by Crippen LogP contribution is 2.31. The lowest BCUT2D eigenvalue weighted by Crippen LogP contribution is -2.10. The first-order valence-electron chi connectivity index (χ1n) is 8.55. The lowest BCUT2D eigenvalue weighted by molar-refractivity contribution is 0.103. The number of benzene rings is 2. The number of hydrogen-bond acceptors (Lipinski definition) is 3. The first kappa shape index (κ1) is 17.4. The molecule has 4 nitrogen and oxygen atoms in total. The molecule has 6 heteroatoms. The van der Waals surface area contributed by atoms with Crippen LogP contribution < -0.4 is 5.32 Å². The van der Waals surface area contributed by atoms with Crippen LogP contribution in [0.4, 0.5) is 10.1 Å². The van der Waals surface area contributed by atoms with Crippen LogP contribution in [0.3, 0.4) is 0 Å². The van der Waals surface area contributed by atoms with Crippen LogP contribution in [0.25, 0.3) is 15.9 Å². The van der Waals surface area contributed by atoms with Gasteiger partial charge in [-0.25, -0.2) is 9.07 Å². The van der Waals surface area contributed by atoms with Gasteiger partial charge in [-0.3, -0.25) is 4.79 Å². The Hall–Kier alpha value is -2.99. The Labute approximate surface area is 160 Å². The number of carbonyl (C=O) groups excluding carboxylic acids is 1. The fourth-order valence-electron chi connectivity index (χ4n) is 3.16. The van der Waals surface area contributed by atoms with Gasteiger partial charge in [0.25, 0.3) is 5.91 Å². The minimum absolute atomic E-state index is 0.147. The van der Waals surface area contributed by atoms with E-state index in [9.17, 15) is 9.18 Å². The molecule has 0 aliphatic rings. The Morgan fingerprint density at radius 2 is 1.70 bits per heavy atom. The second kappa shape index (κ2) is 6.63. The third-order valence-corrected chi connectivity index (χ3v) is 5.43. The molecule has 1 amide bonds. The van der Waals surface area contributed by atoms with E-state index >= 15 is 0 Å². The average Bonchev–Trinajstić information content (AvgIpc) is 3.16. The lowest BCUT2D eigenvalue weighted by Gasteiger charge is -2.06. The van der Waals surface area contributed by atoms with E-state index in [2.05, 4.69) is 16.5 Å². The first-order chi connectivity index (χ1) is 12.9. The Kier molecular flexibility index (Phi) is 4.28. The molecular weight excluding hydrogens is 361 g/mol. The summed E-state index contributed by atoms with van der Waals surface area (Å²) in [6.45, 7) is 5.91. The van der Waals surface area contributed by atoms with Crippen molar-refractivity contribution in [1.29, 1.82) is 0 Å². The summed E-state index contributed by atoms with van der Waals surface area (Å²) in [6, 6.07) is 14.0. The van der Waals surface area contributed by atoms with Crippen molar-refractivity contribution in [1.82, 2.24) is 9.78 Å². The van der Waals surface area contributed by atoms with Crippen LogP contribution in [0.15, 0.2) is 48.5 Å². The fourth-order valence-corrected chi connectivity index (χ4v) is 4.23. The predicted molar refractivity (Wildman–Crippen MR) is 108 cm³/mol. The molecule has 0 saturated heterocycles. The zero-order chi connectivity index (χ0) is 19.1. The van der Waals surface area contributed by atoms with Crippen LogP contribution >= 0.6 is 11.3 Å². The van der Waals surface area contributed by atoms with Gasteiger partial charge in [0.05, 0.1) is 16.3 Å². The fraction of sp³-hybridized carbons (Fsp3) is 0.143. The molecule has 136 valence electrons. The highest BCUT2D eigenvalue weighted by molar-refractivity contribution is 7.20. The highest BCUT2D eigenvalue weighted by atomic mass is 32.1. The number of thiophene rings is 1. The van der Waals surface area contributed by atoms with Crippen molar-refractivity contribution in [3.8, 4) is 5.69 Å². The normalized spacial score (nSPS) is 11.1. The number of amides is 1. The molecule has 2 heterocycles. The summed E-state index contributed by atoms with van der Waals surface area (Å²) in [5, 5.41) is 8.43. The van der Waals surface area contributed by atoms with Gasteiger partial charge < -0.3 is 5.32 Å². The number of halogens is 1. The van der Waals surface area contributed by atoms with Crippen molar-refractivity contribution < 1.29 is 9.18 Å². The Morgan fingerprint density at radius 3 is 2.37 bits per heavy atom. The minimum atomic E-state index is -0.293. The largest absolute Gasteiger partial charge is 0.321 e. The van der Waals surface area contributed by atoms with Gasteiger partial charge >= 0.3 is 0 Å². The number of nitrogens with one attached hydrogen (secondary N) is 1. The second-order valence-corrected chi connectivity index (χ2v) is 7.66. The molecule has 0 bridgehead atoms. The summed E-state index contributed by atoms with van der Waals surface area (Å²) in [5.74, 6) is -0.440. The molecule has 4 rings (SSSR count). The zero-order valence-electron chi connectivity index (χ0n) is 15.2. The predicted octanol–water partition coefficient (Wildman–Crippen LogP) is 5.40. The Bertz CT molecular complexity index is 1140. The van der Waals surface area contributed by atoms with Gasteiger partial charge in [0.1, 0.15) is 10.6 Å². The van der Waals surface area contributed by atoms with Crippen LogP contribution in [-0.2, 0) is 0 Å². The molecule has 4 aromatic rings. The third-order valence-electron chi connectivity index (χ3n) is 4.32. The van der Waals surface area contributed by atoms with E-state index in [0.29, 0.717) is 4.88 Å². The molecule has 0 fully saturated rings. The van der Waals surface area contributed by atoms with Gasteiger partial charge in [-0.05, 0) is 74.4 Å². The van der Waals surface area contributed by atoms with Crippen LogP contribution in [0, 0.1) is 26.6 Å². The van der Waals surface area contributed by atoms with Crippen molar-refractivity contribution in [3.63, 3.8) is 0 Å². The van der Waals surface area contributed by atoms with Gasteiger partial charge in [-0.15, -0.1) is 11.3 Å². The van der Waals surface area contributed by atoms with Crippen molar-refractivity contribution in [2.45, 2.75) is 20.8 Å². The number of nitrogens with zero attached hydrogens (tertiary/aromatic N) is 2. The molecule has 0 radical (unpaired) electrons. The van der Waals surface area contributed by atoms with E-state index < -0.39 is 0 Å². The lowest BCUT2D eigenvalue weighted by atomic mass is 10.1. The van der Waals surface area contributed by atoms with Crippen molar-refractivity contribution in [3.05, 3.63) is 76.0 Å². The summed E-state index contributed by atoms with van der Waals surface area (Å²) in [5.41, 5.74) is 4.58. The van der Waals surface area contributed by atoms with Gasteiger partial charge in [-0.1, -0.05) is 6.07 Å². The molecule has 0 aliphatic heterocycles.